The predicted molar refractivity (Wildman–Crippen MR) is 20.5 cm³/mol. The van der Waals surface area contributed by atoms with E-state index in [1.807, 2.05) is 0 Å². The van der Waals surface area contributed by atoms with Crippen LogP contribution in [0.4, 0.5) is 0 Å². The average molecular weight is 143 g/mol. The third-order valence-electron chi connectivity index (χ3n) is 0. The second-order valence-electron chi connectivity index (χ2n) is 0. The standard InChI is InChI=1S/2CHN.Na.Zn.H/c2*1-2;;;/h2*1H;;;. The summed E-state index contributed by atoms with van der Waals surface area (Å²) in [5.41, 5.74) is 0. The van der Waals surface area contributed by atoms with Gasteiger partial charge in [-0.2, -0.15) is 0 Å². The third kappa shape index (κ3) is 164. The molecule has 0 aliphatic heterocycles. The molecule has 0 bridgehead atoms. The van der Waals surface area contributed by atoms with Gasteiger partial charge in [-0.3, -0.25) is 0 Å². The molecule has 0 aliphatic carbocycles. The number of rotatable bonds is 0. The maximum absolute atomic E-state index is 6.50. The summed E-state index contributed by atoms with van der Waals surface area (Å²) in [6, 6.07) is 0. The molecular weight excluding hydrogens is 140 g/mol. The molecule has 0 atom stereocenters. The van der Waals surface area contributed by atoms with Crippen LogP contribution in [0.2, 0.25) is 0 Å². The summed E-state index contributed by atoms with van der Waals surface area (Å²) in [7, 11) is 0. The molecule has 0 unspecified atom stereocenters. The summed E-state index contributed by atoms with van der Waals surface area (Å²) in [6.45, 7) is 7.00. The molecule has 0 aromatic rings. The monoisotopic (exact) mass is 142 g/mol. The van der Waals surface area contributed by atoms with Crippen LogP contribution in [0.25, 0.3) is 0 Å². The summed E-state index contributed by atoms with van der Waals surface area (Å²) in [5, 5.41) is 13.0. The van der Waals surface area contributed by atoms with Crippen molar-refractivity contribution < 1.29 is 19.5 Å². The van der Waals surface area contributed by atoms with Crippen LogP contribution in [0.1, 0.15) is 0 Å². The van der Waals surface area contributed by atoms with Crippen molar-refractivity contribution >= 4 is 29.6 Å². The number of hydrogen-bond acceptors (Lipinski definition) is 2. The van der Waals surface area contributed by atoms with E-state index < -0.39 is 0 Å². The van der Waals surface area contributed by atoms with Gasteiger partial charge in [0.25, 0.3) is 0 Å². The molecule has 6 heavy (non-hydrogen) atoms. The van der Waals surface area contributed by atoms with Crippen LogP contribution in [-0.4, -0.2) is 29.6 Å². The fourth-order valence-electron chi connectivity index (χ4n) is 0. The maximum Gasteiger partial charge on any atom is 0 e. The van der Waals surface area contributed by atoms with Gasteiger partial charge in [-0.25, -0.2) is 10.5 Å². The van der Waals surface area contributed by atoms with Crippen LogP contribution in [0.5, 0.6) is 0 Å². The predicted octanol–water partition coefficient (Wildman–Crippen LogP) is -0.371. The first-order chi connectivity index (χ1) is 2.00. The number of hydrogen-bond donors (Lipinski definition) is 0. The largest absolute Gasteiger partial charge is 0 e. The van der Waals surface area contributed by atoms with Crippen molar-refractivity contribution in [2.75, 3.05) is 0 Å². The molecule has 0 saturated heterocycles. The van der Waals surface area contributed by atoms with E-state index in [0.717, 1.165) is 0 Å². The zero-order valence-electron chi connectivity index (χ0n) is 2.76. The van der Waals surface area contributed by atoms with Gasteiger partial charge in [0.05, 0.1) is 0 Å². The van der Waals surface area contributed by atoms with E-state index in [9.17, 15) is 0 Å². The summed E-state index contributed by atoms with van der Waals surface area (Å²) >= 11 is 0. The van der Waals surface area contributed by atoms with Crippen LogP contribution in [-0.2, 0) is 19.5 Å². The van der Waals surface area contributed by atoms with Crippen molar-refractivity contribution in [1.82, 2.24) is 0 Å². The first-order valence-corrected chi connectivity index (χ1v) is 0.516. The van der Waals surface area contributed by atoms with E-state index >= 15 is 0 Å². The van der Waals surface area contributed by atoms with Crippen molar-refractivity contribution in [3.63, 3.8) is 0 Å². The van der Waals surface area contributed by atoms with Gasteiger partial charge < -0.3 is 0 Å². The minimum Gasteiger partial charge on any atom is 0 e. The van der Waals surface area contributed by atoms with Crippen LogP contribution < -0.4 is 0 Å². The van der Waals surface area contributed by atoms with Crippen LogP contribution in [0.3, 0.4) is 0 Å². The Morgan fingerprint density at radius 1 is 0.833 bits per heavy atom. The molecule has 0 heterocycles. The Bertz CT molecular complexity index is 27.0. The first-order valence-electron chi connectivity index (χ1n) is 0.516. The molecule has 4 heteroatoms. The molecule has 0 fully saturated rings. The molecule has 24 valence electrons. The average Bonchev–Trinajstić information content (AvgIpc) is 1.50. The Morgan fingerprint density at radius 3 is 0.833 bits per heavy atom. The molecule has 0 rings (SSSR count). The van der Waals surface area contributed by atoms with E-state index in [1.54, 1.807) is 0 Å². The molecular formula is C2H3N2NaZn. The second-order valence-corrected chi connectivity index (χ2v) is 0. The van der Waals surface area contributed by atoms with Crippen molar-refractivity contribution in [3.8, 4) is 13.1 Å². The van der Waals surface area contributed by atoms with Gasteiger partial charge in [0.2, 0.25) is 0 Å². The SMILES string of the molecule is C#N.C#N.[NaH].[Zn]. The van der Waals surface area contributed by atoms with Gasteiger partial charge in [0.1, 0.15) is 0 Å². The molecule has 0 aromatic heterocycles. The summed E-state index contributed by atoms with van der Waals surface area (Å²) in [4.78, 5) is 0. The van der Waals surface area contributed by atoms with Crippen LogP contribution in [0, 0.1) is 23.7 Å². The topological polar surface area (TPSA) is 47.6 Å². The van der Waals surface area contributed by atoms with Gasteiger partial charge >= 0.3 is 29.6 Å². The van der Waals surface area contributed by atoms with Crippen LogP contribution in [0.15, 0.2) is 0 Å². The Labute approximate surface area is 72.2 Å². The molecule has 0 aliphatic rings. The Balaban J connectivity index is -0.00000000500. The second kappa shape index (κ2) is 326. The van der Waals surface area contributed by atoms with E-state index in [1.165, 1.54) is 0 Å². The Hall–Kier alpha value is 0.603. The Morgan fingerprint density at radius 2 is 0.833 bits per heavy atom. The third-order valence-corrected chi connectivity index (χ3v) is 0. The maximum atomic E-state index is 6.50. The van der Waals surface area contributed by atoms with Crippen molar-refractivity contribution in [3.05, 3.63) is 0 Å². The molecule has 0 N–H and O–H groups in total. The van der Waals surface area contributed by atoms with E-state index in [2.05, 4.69) is 13.1 Å². The summed E-state index contributed by atoms with van der Waals surface area (Å²) < 4.78 is 0. The molecule has 0 aromatic carbocycles. The molecule has 0 spiro atoms. The fraction of sp³-hybridized carbons (Fsp3) is 0. The number of nitrogens with zero attached hydrogens (tertiary/aromatic N) is 2. The summed E-state index contributed by atoms with van der Waals surface area (Å²) in [5.74, 6) is 0. The number of nitriles is 2. The van der Waals surface area contributed by atoms with Gasteiger partial charge in [0.15, 0.2) is 0 Å². The van der Waals surface area contributed by atoms with E-state index in [4.69, 9.17) is 10.5 Å². The normalized spacial score (nSPS) is 0.667. The Kier molecular flexibility index (Phi) is 1660. The first kappa shape index (κ1) is 30.6. The van der Waals surface area contributed by atoms with Crippen molar-refractivity contribution in [1.29, 1.82) is 10.5 Å². The van der Waals surface area contributed by atoms with Crippen molar-refractivity contribution in [2.45, 2.75) is 0 Å². The van der Waals surface area contributed by atoms with Crippen molar-refractivity contribution in [2.24, 2.45) is 0 Å². The zero-order valence-corrected chi connectivity index (χ0v) is 5.72. The molecule has 0 saturated carbocycles. The van der Waals surface area contributed by atoms with E-state index in [0.29, 0.717) is 0 Å². The zero-order chi connectivity index (χ0) is 4.00. The minimum absolute atomic E-state index is 0. The van der Waals surface area contributed by atoms with Gasteiger partial charge in [-0.1, -0.05) is 0 Å². The van der Waals surface area contributed by atoms with Gasteiger partial charge in [-0.15, -0.1) is 0 Å². The fourth-order valence-corrected chi connectivity index (χ4v) is 0. The van der Waals surface area contributed by atoms with Gasteiger partial charge in [-0.05, 0) is 0 Å². The minimum atomic E-state index is 0. The van der Waals surface area contributed by atoms with E-state index in [-0.39, 0.29) is 49.0 Å². The van der Waals surface area contributed by atoms with Gasteiger partial charge in [0, 0.05) is 32.6 Å². The molecule has 0 radical (unpaired) electrons. The smallest absolute Gasteiger partial charge is 0 e. The molecule has 0 amide bonds. The van der Waals surface area contributed by atoms with Crippen LogP contribution >= 0.6 is 0 Å². The molecule has 2 nitrogen and oxygen atoms in total. The quantitative estimate of drug-likeness (QED) is 0.434. The summed E-state index contributed by atoms with van der Waals surface area (Å²) in [6.07, 6.45) is 0.